The van der Waals surface area contributed by atoms with E-state index < -0.39 is 5.41 Å². The lowest BCUT2D eigenvalue weighted by molar-refractivity contribution is -0.123. The lowest BCUT2D eigenvalue weighted by Crippen LogP contribution is -2.37. The van der Waals surface area contributed by atoms with Crippen LogP contribution in [0.5, 0.6) is 0 Å². The molecule has 4 N–H and O–H groups in total. The maximum Gasteiger partial charge on any atom is 0.321 e. The van der Waals surface area contributed by atoms with Gasteiger partial charge in [-0.05, 0) is 38.1 Å². The van der Waals surface area contributed by atoms with Crippen molar-refractivity contribution in [1.82, 2.24) is 5.32 Å². The van der Waals surface area contributed by atoms with E-state index in [4.69, 9.17) is 5.73 Å². The van der Waals surface area contributed by atoms with E-state index in [0.29, 0.717) is 18.8 Å². The third-order valence-corrected chi connectivity index (χ3v) is 3.42. The normalized spacial score (nSPS) is 14.4. The minimum atomic E-state index is -0.604. The minimum Gasteiger partial charge on any atom is -0.336 e. The van der Waals surface area contributed by atoms with E-state index in [1.165, 1.54) is 0 Å². The van der Waals surface area contributed by atoms with Crippen LogP contribution in [0.25, 0.3) is 0 Å². The van der Waals surface area contributed by atoms with Crippen molar-refractivity contribution in [1.29, 1.82) is 0 Å². The van der Waals surface area contributed by atoms with E-state index >= 15 is 0 Å². The monoisotopic (exact) mass is 312 g/mol. The standard InChI is InChI=1S/C14H20N4O2.ClH/c1-14(2,9-15)12(19)17-10-3-5-11(6-4-10)18-8-7-16-13(18)20;/h3-6H,7-9,15H2,1-2H3,(H,16,20)(H,17,19);1H. The van der Waals surface area contributed by atoms with Crippen LogP contribution in [-0.2, 0) is 4.79 Å². The summed E-state index contributed by atoms with van der Waals surface area (Å²) in [5, 5.41) is 5.57. The van der Waals surface area contributed by atoms with Crippen LogP contribution in [0.3, 0.4) is 0 Å². The van der Waals surface area contributed by atoms with E-state index in [-0.39, 0.29) is 30.9 Å². The summed E-state index contributed by atoms with van der Waals surface area (Å²) in [5.74, 6) is -0.119. The van der Waals surface area contributed by atoms with Gasteiger partial charge in [-0.1, -0.05) is 0 Å². The van der Waals surface area contributed by atoms with Crippen LogP contribution < -0.4 is 21.3 Å². The molecule has 0 unspecified atom stereocenters. The Balaban J connectivity index is 0.00000220. The predicted molar refractivity (Wildman–Crippen MR) is 85.9 cm³/mol. The first kappa shape index (κ1) is 17.3. The third-order valence-electron chi connectivity index (χ3n) is 3.42. The van der Waals surface area contributed by atoms with Gasteiger partial charge in [0.15, 0.2) is 0 Å². The fraction of sp³-hybridized carbons (Fsp3) is 0.429. The molecule has 0 saturated carbocycles. The number of nitrogens with two attached hydrogens (primary N) is 1. The quantitative estimate of drug-likeness (QED) is 0.788. The second kappa shape index (κ2) is 6.78. The van der Waals surface area contributed by atoms with Gasteiger partial charge in [0, 0.05) is 31.0 Å². The zero-order valence-electron chi connectivity index (χ0n) is 12.2. The van der Waals surface area contributed by atoms with Gasteiger partial charge in [-0.2, -0.15) is 0 Å². The highest BCUT2D eigenvalue weighted by molar-refractivity contribution is 5.96. The summed E-state index contributed by atoms with van der Waals surface area (Å²) in [5.41, 5.74) is 6.48. The molecule has 1 aromatic rings. The summed E-state index contributed by atoms with van der Waals surface area (Å²) in [6.07, 6.45) is 0. The Kier molecular flexibility index (Phi) is 5.57. The molecule has 1 aliphatic heterocycles. The Hall–Kier alpha value is -1.79. The Bertz CT molecular complexity index is 516. The highest BCUT2D eigenvalue weighted by Gasteiger charge is 2.26. The Morgan fingerprint density at radius 2 is 2.00 bits per heavy atom. The molecular weight excluding hydrogens is 292 g/mol. The number of carbonyl (C=O) groups excluding carboxylic acids is 2. The molecule has 0 atom stereocenters. The van der Waals surface area contributed by atoms with Gasteiger partial charge in [-0.15, -0.1) is 12.4 Å². The number of halogens is 1. The lowest BCUT2D eigenvalue weighted by Gasteiger charge is -2.21. The van der Waals surface area contributed by atoms with Gasteiger partial charge in [-0.3, -0.25) is 9.69 Å². The highest BCUT2D eigenvalue weighted by Crippen LogP contribution is 2.21. The molecule has 0 bridgehead atoms. The van der Waals surface area contributed by atoms with Crippen LogP contribution in [0.4, 0.5) is 16.2 Å². The molecule has 0 aliphatic carbocycles. The number of hydrogen-bond donors (Lipinski definition) is 3. The summed E-state index contributed by atoms with van der Waals surface area (Å²) in [6, 6.07) is 7.11. The summed E-state index contributed by atoms with van der Waals surface area (Å²) >= 11 is 0. The maximum absolute atomic E-state index is 12.0. The van der Waals surface area contributed by atoms with Crippen molar-refractivity contribution < 1.29 is 9.59 Å². The number of benzene rings is 1. The second-order valence-electron chi connectivity index (χ2n) is 5.47. The molecule has 0 radical (unpaired) electrons. The van der Waals surface area contributed by atoms with Gasteiger partial charge in [0.2, 0.25) is 5.91 Å². The van der Waals surface area contributed by atoms with Crippen molar-refractivity contribution in [3.05, 3.63) is 24.3 Å². The van der Waals surface area contributed by atoms with E-state index in [1.807, 2.05) is 12.1 Å². The number of nitrogens with zero attached hydrogens (tertiary/aromatic N) is 1. The van der Waals surface area contributed by atoms with Crippen molar-refractivity contribution in [2.24, 2.45) is 11.1 Å². The third kappa shape index (κ3) is 3.86. The SMILES string of the molecule is CC(C)(CN)C(=O)Nc1ccc(N2CCNC2=O)cc1.Cl. The Labute approximate surface area is 130 Å². The number of rotatable bonds is 4. The zero-order chi connectivity index (χ0) is 14.8. The summed E-state index contributed by atoms with van der Waals surface area (Å²) in [7, 11) is 0. The van der Waals surface area contributed by atoms with Gasteiger partial charge >= 0.3 is 6.03 Å². The molecule has 0 spiro atoms. The molecule has 0 aromatic heterocycles. The number of anilines is 2. The van der Waals surface area contributed by atoms with Crippen molar-refractivity contribution in [2.45, 2.75) is 13.8 Å². The summed E-state index contributed by atoms with van der Waals surface area (Å²) in [6.45, 7) is 5.19. The van der Waals surface area contributed by atoms with Crippen LogP contribution >= 0.6 is 12.4 Å². The molecule has 7 heteroatoms. The number of hydrogen-bond acceptors (Lipinski definition) is 3. The predicted octanol–water partition coefficient (Wildman–Crippen LogP) is 1.56. The lowest BCUT2D eigenvalue weighted by atomic mass is 9.92. The van der Waals surface area contributed by atoms with E-state index in [9.17, 15) is 9.59 Å². The first-order valence-electron chi connectivity index (χ1n) is 6.61. The topological polar surface area (TPSA) is 87.5 Å². The zero-order valence-corrected chi connectivity index (χ0v) is 13.0. The van der Waals surface area contributed by atoms with Crippen molar-refractivity contribution >= 4 is 35.7 Å². The Morgan fingerprint density at radius 3 is 2.48 bits per heavy atom. The van der Waals surface area contributed by atoms with E-state index in [2.05, 4.69) is 10.6 Å². The van der Waals surface area contributed by atoms with Crippen molar-refractivity contribution in [2.75, 3.05) is 29.9 Å². The number of urea groups is 1. The van der Waals surface area contributed by atoms with Crippen molar-refractivity contribution in [3.63, 3.8) is 0 Å². The molecule has 1 fully saturated rings. The molecule has 6 nitrogen and oxygen atoms in total. The van der Waals surface area contributed by atoms with Gasteiger partial charge < -0.3 is 16.4 Å². The van der Waals surface area contributed by atoms with Crippen LogP contribution in [0.15, 0.2) is 24.3 Å². The largest absolute Gasteiger partial charge is 0.336 e. The Morgan fingerprint density at radius 1 is 1.38 bits per heavy atom. The number of carbonyl (C=O) groups is 2. The second-order valence-corrected chi connectivity index (χ2v) is 5.47. The smallest absolute Gasteiger partial charge is 0.321 e. The van der Waals surface area contributed by atoms with E-state index in [0.717, 1.165) is 5.69 Å². The van der Waals surface area contributed by atoms with Crippen LogP contribution in [0.2, 0.25) is 0 Å². The van der Waals surface area contributed by atoms with Gasteiger partial charge in [0.05, 0.1) is 5.41 Å². The molecule has 1 heterocycles. The fourth-order valence-electron chi connectivity index (χ4n) is 1.84. The highest BCUT2D eigenvalue weighted by atomic mass is 35.5. The van der Waals surface area contributed by atoms with Crippen LogP contribution in [0.1, 0.15) is 13.8 Å². The van der Waals surface area contributed by atoms with Crippen molar-refractivity contribution in [3.8, 4) is 0 Å². The first-order chi connectivity index (χ1) is 9.44. The first-order valence-corrected chi connectivity index (χ1v) is 6.61. The molecule has 3 amide bonds. The molecule has 1 aliphatic rings. The summed E-state index contributed by atoms with van der Waals surface area (Å²) in [4.78, 5) is 25.2. The van der Waals surface area contributed by atoms with Crippen LogP contribution in [0, 0.1) is 5.41 Å². The average molecular weight is 313 g/mol. The maximum atomic E-state index is 12.0. The molecule has 1 saturated heterocycles. The molecule has 116 valence electrons. The molecule has 21 heavy (non-hydrogen) atoms. The molecular formula is C14H21ClN4O2. The number of amides is 3. The summed E-state index contributed by atoms with van der Waals surface area (Å²) < 4.78 is 0. The van der Waals surface area contributed by atoms with Crippen LogP contribution in [-0.4, -0.2) is 31.6 Å². The molecule has 1 aromatic carbocycles. The fourth-order valence-corrected chi connectivity index (χ4v) is 1.84. The van der Waals surface area contributed by atoms with E-state index in [1.54, 1.807) is 30.9 Å². The van der Waals surface area contributed by atoms with Gasteiger partial charge in [0.25, 0.3) is 0 Å². The number of nitrogens with one attached hydrogen (secondary N) is 2. The minimum absolute atomic E-state index is 0. The van der Waals surface area contributed by atoms with Gasteiger partial charge in [-0.25, -0.2) is 4.79 Å². The van der Waals surface area contributed by atoms with Gasteiger partial charge in [0.1, 0.15) is 0 Å². The average Bonchev–Trinajstić information content (AvgIpc) is 2.86. The molecule has 2 rings (SSSR count).